The summed E-state index contributed by atoms with van der Waals surface area (Å²) in [6.07, 6.45) is 1.16. The molecular weight excluding hydrogens is 388 g/mol. The smallest absolute Gasteiger partial charge is 0.191 e. The summed E-state index contributed by atoms with van der Waals surface area (Å²) in [5.41, 5.74) is 4.44. The highest BCUT2D eigenvalue weighted by Crippen LogP contribution is 2.17. The maximum absolute atomic E-state index is 5.54. The number of nitrogens with one attached hydrogen (secondary N) is 2. The molecule has 170 valence electrons. The number of nitrogens with zero attached hydrogens (tertiary/aromatic N) is 4. The van der Waals surface area contributed by atoms with Crippen LogP contribution in [0.5, 0.6) is 0 Å². The largest absolute Gasteiger partial charge is 0.379 e. The number of ether oxygens (including phenoxy) is 1. The molecule has 1 saturated heterocycles. The molecular formula is C24H38N6O. The van der Waals surface area contributed by atoms with Gasteiger partial charge in [0, 0.05) is 45.0 Å². The van der Waals surface area contributed by atoms with Gasteiger partial charge in [0.05, 0.1) is 24.6 Å². The van der Waals surface area contributed by atoms with Gasteiger partial charge in [-0.05, 0) is 43.9 Å². The molecule has 1 aliphatic heterocycles. The summed E-state index contributed by atoms with van der Waals surface area (Å²) in [4.78, 5) is 7.00. The molecule has 0 saturated carbocycles. The van der Waals surface area contributed by atoms with E-state index in [1.165, 1.54) is 5.56 Å². The van der Waals surface area contributed by atoms with E-state index in [2.05, 4.69) is 76.7 Å². The van der Waals surface area contributed by atoms with E-state index in [1.54, 1.807) is 0 Å². The minimum absolute atomic E-state index is 0.476. The molecule has 7 nitrogen and oxygen atoms in total. The van der Waals surface area contributed by atoms with Crippen molar-refractivity contribution in [2.24, 2.45) is 10.9 Å². The molecule has 0 amide bonds. The number of guanidine groups is 1. The predicted molar refractivity (Wildman–Crippen MR) is 127 cm³/mol. The van der Waals surface area contributed by atoms with Gasteiger partial charge in [-0.15, -0.1) is 0 Å². The lowest BCUT2D eigenvalue weighted by molar-refractivity contribution is 0.0132. The predicted octanol–water partition coefficient (Wildman–Crippen LogP) is 2.90. The number of aromatic nitrogens is 2. The van der Waals surface area contributed by atoms with Crippen LogP contribution in [0.15, 0.2) is 35.3 Å². The van der Waals surface area contributed by atoms with Crippen molar-refractivity contribution in [2.45, 2.75) is 46.7 Å². The Kier molecular flexibility index (Phi) is 8.49. The Morgan fingerprint density at radius 3 is 2.55 bits per heavy atom. The Bertz CT molecular complexity index is 854. The molecule has 2 heterocycles. The van der Waals surface area contributed by atoms with Gasteiger partial charge in [0.2, 0.25) is 0 Å². The maximum Gasteiger partial charge on any atom is 0.191 e. The van der Waals surface area contributed by atoms with Gasteiger partial charge in [-0.25, -0.2) is 4.68 Å². The highest BCUT2D eigenvalue weighted by molar-refractivity contribution is 5.79. The molecule has 7 heteroatoms. The van der Waals surface area contributed by atoms with Crippen molar-refractivity contribution in [3.05, 3.63) is 47.3 Å². The average Bonchev–Trinajstić information content (AvgIpc) is 3.11. The highest BCUT2D eigenvalue weighted by Gasteiger charge is 2.22. The van der Waals surface area contributed by atoms with Crippen LogP contribution < -0.4 is 10.6 Å². The Morgan fingerprint density at radius 2 is 1.90 bits per heavy atom. The minimum atomic E-state index is 0.476. The monoisotopic (exact) mass is 426 g/mol. The Morgan fingerprint density at radius 1 is 1.16 bits per heavy atom. The summed E-state index contributed by atoms with van der Waals surface area (Å²) in [6, 6.07) is 11.0. The van der Waals surface area contributed by atoms with Gasteiger partial charge in [0.1, 0.15) is 0 Å². The molecule has 0 spiro atoms. The molecule has 1 aliphatic rings. The number of aryl methyl sites for hydroxylation is 2. The maximum atomic E-state index is 5.54. The fourth-order valence-electron chi connectivity index (χ4n) is 4.20. The van der Waals surface area contributed by atoms with Crippen LogP contribution in [0.4, 0.5) is 0 Å². The molecule has 1 aromatic heterocycles. The molecule has 1 fully saturated rings. The Labute approximate surface area is 186 Å². The van der Waals surface area contributed by atoms with E-state index < -0.39 is 0 Å². The van der Waals surface area contributed by atoms with Gasteiger partial charge in [0.25, 0.3) is 0 Å². The van der Waals surface area contributed by atoms with Crippen molar-refractivity contribution in [1.29, 1.82) is 0 Å². The molecule has 1 aromatic carbocycles. The zero-order valence-electron chi connectivity index (χ0n) is 19.7. The lowest BCUT2D eigenvalue weighted by atomic mass is 10.0. The first kappa shape index (κ1) is 23.3. The van der Waals surface area contributed by atoms with Crippen LogP contribution in [-0.2, 0) is 11.3 Å². The van der Waals surface area contributed by atoms with Crippen molar-refractivity contribution in [1.82, 2.24) is 25.3 Å². The number of benzene rings is 1. The fraction of sp³-hybridized carbons (Fsp3) is 0.583. The molecule has 0 aliphatic carbocycles. The van der Waals surface area contributed by atoms with Gasteiger partial charge in [0.15, 0.2) is 5.96 Å². The average molecular weight is 427 g/mol. The molecule has 1 unspecified atom stereocenters. The third-order valence-corrected chi connectivity index (χ3v) is 5.71. The van der Waals surface area contributed by atoms with Crippen molar-refractivity contribution < 1.29 is 4.74 Å². The van der Waals surface area contributed by atoms with Crippen LogP contribution in [0.3, 0.4) is 0 Å². The van der Waals surface area contributed by atoms with Crippen LogP contribution in [0.25, 0.3) is 5.69 Å². The van der Waals surface area contributed by atoms with Gasteiger partial charge in [-0.1, -0.05) is 32.0 Å². The Hall–Kier alpha value is -2.38. The number of morpholine rings is 1. The minimum Gasteiger partial charge on any atom is -0.379 e. The van der Waals surface area contributed by atoms with Crippen molar-refractivity contribution in [2.75, 3.05) is 39.9 Å². The van der Waals surface area contributed by atoms with E-state index in [4.69, 9.17) is 4.74 Å². The van der Waals surface area contributed by atoms with Crippen molar-refractivity contribution in [3.63, 3.8) is 0 Å². The third-order valence-electron chi connectivity index (χ3n) is 5.71. The number of hydrogen-bond acceptors (Lipinski definition) is 4. The van der Waals surface area contributed by atoms with E-state index in [1.807, 2.05) is 18.7 Å². The van der Waals surface area contributed by atoms with Crippen LogP contribution in [0, 0.1) is 19.8 Å². The first-order valence-electron chi connectivity index (χ1n) is 11.4. The van der Waals surface area contributed by atoms with E-state index in [-0.39, 0.29) is 0 Å². The Balaban J connectivity index is 1.62. The van der Waals surface area contributed by atoms with E-state index in [0.717, 1.165) is 62.3 Å². The highest BCUT2D eigenvalue weighted by atomic mass is 16.5. The van der Waals surface area contributed by atoms with Crippen LogP contribution in [-0.4, -0.2) is 66.6 Å². The van der Waals surface area contributed by atoms with Gasteiger partial charge in [-0.3, -0.25) is 9.89 Å². The molecule has 0 radical (unpaired) electrons. The summed E-state index contributed by atoms with van der Waals surface area (Å²) in [5, 5.41) is 11.7. The summed E-state index contributed by atoms with van der Waals surface area (Å²) in [6.45, 7) is 13.9. The lowest BCUT2D eigenvalue weighted by Crippen LogP contribution is -2.51. The molecule has 31 heavy (non-hydrogen) atoms. The summed E-state index contributed by atoms with van der Waals surface area (Å²) in [5.74, 6) is 1.47. The van der Waals surface area contributed by atoms with Crippen LogP contribution in [0.1, 0.15) is 37.2 Å². The summed E-state index contributed by atoms with van der Waals surface area (Å²) < 4.78 is 7.55. The topological polar surface area (TPSA) is 66.7 Å². The van der Waals surface area contributed by atoms with Gasteiger partial charge < -0.3 is 15.4 Å². The SMILES string of the molecule is CN=C(NCc1ccccc1-n1nc(C)cc1C)NCC(CC(C)C)N1CCOCC1. The third kappa shape index (κ3) is 6.55. The molecule has 2 aromatic rings. The second kappa shape index (κ2) is 11.3. The number of hydrogen-bond donors (Lipinski definition) is 2. The van der Waals surface area contributed by atoms with E-state index in [0.29, 0.717) is 18.5 Å². The lowest BCUT2D eigenvalue weighted by Gasteiger charge is -2.35. The van der Waals surface area contributed by atoms with E-state index >= 15 is 0 Å². The van der Waals surface area contributed by atoms with Crippen LogP contribution in [0.2, 0.25) is 0 Å². The second-order valence-electron chi connectivity index (χ2n) is 8.71. The van der Waals surface area contributed by atoms with Gasteiger partial charge >= 0.3 is 0 Å². The number of aliphatic imine (C=N–C) groups is 1. The van der Waals surface area contributed by atoms with E-state index in [9.17, 15) is 0 Å². The van der Waals surface area contributed by atoms with Crippen molar-refractivity contribution >= 4 is 5.96 Å². The molecule has 2 N–H and O–H groups in total. The molecule has 3 rings (SSSR count). The zero-order chi connectivity index (χ0) is 22.2. The first-order chi connectivity index (χ1) is 15.0. The molecule has 1 atom stereocenters. The number of rotatable bonds is 8. The van der Waals surface area contributed by atoms with Gasteiger partial charge in [-0.2, -0.15) is 5.10 Å². The second-order valence-corrected chi connectivity index (χ2v) is 8.71. The summed E-state index contributed by atoms with van der Waals surface area (Å²) in [7, 11) is 1.83. The zero-order valence-corrected chi connectivity index (χ0v) is 19.7. The quantitative estimate of drug-likeness (QED) is 0.502. The standard InChI is InChI=1S/C24H38N6O/c1-18(2)14-22(29-10-12-31-13-11-29)17-27-24(25-5)26-16-21-8-6-7-9-23(21)30-20(4)15-19(3)28-30/h6-9,15,18,22H,10-14,16-17H2,1-5H3,(H2,25,26,27). The number of para-hydroxylation sites is 1. The molecule has 0 bridgehead atoms. The first-order valence-corrected chi connectivity index (χ1v) is 11.4. The van der Waals surface area contributed by atoms with Crippen molar-refractivity contribution in [3.8, 4) is 5.69 Å². The van der Waals surface area contributed by atoms with Crippen LogP contribution >= 0.6 is 0 Å². The summed E-state index contributed by atoms with van der Waals surface area (Å²) >= 11 is 0. The fourth-order valence-corrected chi connectivity index (χ4v) is 4.20. The normalized spacial score (nSPS) is 16.5.